The van der Waals surface area contributed by atoms with Crippen LogP contribution in [0.4, 0.5) is 0 Å². The molecule has 0 aliphatic rings. The van der Waals surface area contributed by atoms with E-state index in [-0.39, 0.29) is 33.2 Å². The minimum absolute atomic E-state index is 0. The Morgan fingerprint density at radius 2 is 1.61 bits per heavy atom. The van der Waals surface area contributed by atoms with E-state index in [0.717, 1.165) is 28.1 Å². The minimum atomic E-state index is -0.183. The van der Waals surface area contributed by atoms with Gasteiger partial charge in [0.1, 0.15) is 11.4 Å². The van der Waals surface area contributed by atoms with E-state index < -0.39 is 0 Å². The van der Waals surface area contributed by atoms with E-state index >= 15 is 0 Å². The Hall–Kier alpha value is -2.59. The minimum Gasteiger partial charge on any atom is -0.511 e. The molecule has 1 aromatic heterocycles. The van der Waals surface area contributed by atoms with E-state index in [4.69, 9.17) is 0 Å². The van der Waals surface area contributed by atoms with E-state index in [1.165, 1.54) is 5.56 Å². The summed E-state index contributed by atoms with van der Waals surface area (Å²) >= 11 is 0. The molecule has 1 heterocycles. The molecule has 0 aliphatic carbocycles. The van der Waals surface area contributed by atoms with Crippen molar-refractivity contribution >= 4 is 0 Å². The monoisotopic (exact) mass is 619 g/mol. The smallest absolute Gasteiger partial charge is 0.511 e. The number of benzene rings is 3. The molecule has 4 rings (SSSR count). The first-order valence-corrected chi connectivity index (χ1v) is 10.9. The van der Waals surface area contributed by atoms with Gasteiger partial charge in [0, 0.05) is 12.4 Å². The summed E-state index contributed by atoms with van der Waals surface area (Å²) in [5, 5.41) is 11.2. The summed E-state index contributed by atoms with van der Waals surface area (Å²) in [5.41, 5.74) is 5.47. The first kappa shape index (κ1) is 25.0. The molecule has 0 radical (unpaired) electrons. The van der Waals surface area contributed by atoms with Crippen molar-refractivity contribution in [2.45, 2.75) is 52.4 Å². The number of aromatic hydroxyl groups is 1. The maximum Gasteiger partial charge on any atom is 3.00 e. The molecule has 4 heteroatoms. The number of phenolic OH excluding ortho intramolecular Hbond substituents is 1. The second-order valence-electron chi connectivity index (χ2n) is 10.3. The first-order valence-electron chi connectivity index (χ1n) is 10.9. The summed E-state index contributed by atoms with van der Waals surface area (Å²) in [7, 11) is 0. The van der Waals surface area contributed by atoms with Crippen molar-refractivity contribution in [3.63, 3.8) is 0 Å². The predicted octanol–water partition coefficient (Wildman–Crippen LogP) is 6.12. The van der Waals surface area contributed by atoms with Gasteiger partial charge in [-0.25, -0.2) is 11.1 Å². The summed E-state index contributed by atoms with van der Waals surface area (Å²) in [6, 6.07) is 24.8. The molecule has 0 unspecified atom stereocenters. The van der Waals surface area contributed by atoms with Crippen molar-refractivity contribution in [2.75, 3.05) is 0 Å². The number of rotatable bonds is 3. The molecule has 1 N–H and O–H groups in total. The number of imidazole rings is 1. The molecule has 0 saturated carbocycles. The van der Waals surface area contributed by atoms with Gasteiger partial charge >= 0.3 is 22.4 Å². The molecule has 0 bridgehead atoms. The molecule has 4 aromatic rings. The molecule has 3 nitrogen and oxygen atoms in total. The van der Waals surface area contributed by atoms with Gasteiger partial charge in [0.05, 0.1) is 0 Å². The zero-order valence-electron chi connectivity index (χ0n) is 20.0. The summed E-state index contributed by atoms with van der Waals surface area (Å²) < 4.78 is 3.75. The van der Waals surface area contributed by atoms with Gasteiger partial charge in [-0.3, -0.25) is 4.57 Å². The largest absolute Gasteiger partial charge is 3.00 e. The van der Waals surface area contributed by atoms with Crippen LogP contribution in [0.15, 0.2) is 67.0 Å². The van der Waals surface area contributed by atoms with Crippen molar-refractivity contribution in [1.29, 1.82) is 0 Å². The maximum atomic E-state index is 11.2. The first-order chi connectivity index (χ1) is 15.0. The Labute approximate surface area is 213 Å². The normalized spacial score (nSPS) is 11.8. The van der Waals surface area contributed by atoms with Crippen molar-refractivity contribution in [3.05, 3.63) is 96.6 Å². The topological polar surface area (TPSA) is 29.0 Å². The third-order valence-corrected chi connectivity index (χ3v) is 5.64. The molecule has 0 atom stereocenters. The van der Waals surface area contributed by atoms with E-state index in [2.05, 4.69) is 72.1 Å². The molecule has 172 valence electrons. The predicted molar refractivity (Wildman–Crippen MR) is 128 cm³/mol. The summed E-state index contributed by atoms with van der Waals surface area (Å²) in [4.78, 5) is 0. The molecule has 0 amide bonds. The van der Waals surface area contributed by atoms with E-state index in [9.17, 15) is 5.11 Å². The zero-order chi connectivity index (χ0) is 23.1. The van der Waals surface area contributed by atoms with Crippen LogP contribution >= 0.6 is 0 Å². The number of aromatic nitrogens is 2. The van der Waals surface area contributed by atoms with Gasteiger partial charge in [-0.2, -0.15) is 42.5 Å². The van der Waals surface area contributed by atoms with Crippen molar-refractivity contribution < 1.29 is 32.1 Å². The van der Waals surface area contributed by atoms with Crippen molar-refractivity contribution in [1.82, 2.24) is 4.57 Å². The number of hydrogen-bond donors (Lipinski definition) is 1. The molecular weight excluding hydrogens is 589 g/mol. The second-order valence-corrected chi connectivity index (χ2v) is 10.3. The van der Waals surface area contributed by atoms with Crippen LogP contribution in [0.25, 0.3) is 22.5 Å². The van der Waals surface area contributed by atoms with Gasteiger partial charge in [-0.05, 0) is 33.7 Å². The molecule has 33 heavy (non-hydrogen) atoms. The van der Waals surface area contributed by atoms with Crippen LogP contribution in [0.5, 0.6) is 5.75 Å². The van der Waals surface area contributed by atoms with Crippen LogP contribution < -0.4 is 4.57 Å². The second kappa shape index (κ2) is 9.34. The number of phenols is 1. The average molecular weight is 620 g/mol. The van der Waals surface area contributed by atoms with E-state index in [1.807, 2.05) is 64.0 Å². The SMILES string of the molecule is CC(C)(C)c1cc(-[n+]2[c-]n(-c3[c-]c(-c4[c-]cccc4)ccc3)cc2)c(O)c(C(C)(C)C)c1.[Au+3]. The molecule has 0 aliphatic heterocycles. The van der Waals surface area contributed by atoms with Crippen molar-refractivity contribution in [2.24, 2.45) is 0 Å². The Kier molecular flexibility index (Phi) is 7.09. The van der Waals surface area contributed by atoms with Gasteiger partial charge in [-0.1, -0.05) is 47.6 Å². The van der Waals surface area contributed by atoms with Crippen LogP contribution in [0.2, 0.25) is 0 Å². The fourth-order valence-corrected chi connectivity index (χ4v) is 3.71. The molecule has 0 saturated heterocycles. The fraction of sp³-hybridized carbons (Fsp3) is 0.276. The molecule has 3 aromatic carbocycles. The Morgan fingerprint density at radius 3 is 2.24 bits per heavy atom. The summed E-state index contributed by atoms with van der Waals surface area (Å²) in [6.45, 7) is 12.9. The van der Waals surface area contributed by atoms with Crippen LogP contribution in [0.1, 0.15) is 52.7 Å². The van der Waals surface area contributed by atoms with Crippen molar-refractivity contribution in [3.8, 4) is 28.3 Å². The third-order valence-electron chi connectivity index (χ3n) is 5.64. The zero-order valence-corrected chi connectivity index (χ0v) is 22.2. The molecule has 0 spiro atoms. The van der Waals surface area contributed by atoms with E-state index in [1.54, 1.807) is 0 Å². The van der Waals surface area contributed by atoms with Crippen LogP contribution in [-0.4, -0.2) is 9.67 Å². The summed E-state index contributed by atoms with van der Waals surface area (Å²) in [5.74, 6) is 0.293. The molecule has 0 fully saturated rings. The number of nitrogens with zero attached hydrogens (tertiary/aromatic N) is 2. The average Bonchev–Trinajstić information content (AvgIpc) is 3.23. The molecular formula is C29H30AuN2O+. The Balaban J connectivity index is 0.00000306. The maximum absolute atomic E-state index is 11.2. The van der Waals surface area contributed by atoms with Crippen LogP contribution in [0, 0.1) is 18.5 Å². The Bertz CT molecular complexity index is 1240. The number of hydrogen-bond acceptors (Lipinski definition) is 1. The van der Waals surface area contributed by atoms with Gasteiger partial charge in [0.15, 0.2) is 0 Å². The fourth-order valence-electron chi connectivity index (χ4n) is 3.71. The Morgan fingerprint density at radius 1 is 0.879 bits per heavy atom. The van der Waals surface area contributed by atoms with Gasteiger partial charge in [0.2, 0.25) is 0 Å². The standard InChI is InChI=1S/C29H30N2O.Au/c1-28(2,3)23-18-25(29(4,5)6)27(32)26(19-23)31-16-15-30(20-31)24-14-10-13-22(17-24)21-11-8-7-9-12-21;/h7-11,13-16,18-19,32H,1-6H3;/q-2;+3. The van der Waals surface area contributed by atoms with Gasteiger partial charge in [-0.15, -0.1) is 12.1 Å². The van der Waals surface area contributed by atoms with Gasteiger partial charge in [0.25, 0.3) is 6.33 Å². The summed E-state index contributed by atoms with van der Waals surface area (Å²) in [6.07, 6.45) is 7.21. The van der Waals surface area contributed by atoms with Crippen LogP contribution in [0.3, 0.4) is 0 Å². The third kappa shape index (κ3) is 5.33. The van der Waals surface area contributed by atoms with Gasteiger partial charge < -0.3 is 9.67 Å². The van der Waals surface area contributed by atoms with Crippen LogP contribution in [-0.2, 0) is 33.2 Å². The quantitative estimate of drug-likeness (QED) is 0.167. The van der Waals surface area contributed by atoms with E-state index in [0.29, 0.717) is 5.75 Å².